The molecule has 0 radical (unpaired) electrons. The molecule has 0 aliphatic carbocycles. The van der Waals surface area contributed by atoms with Gasteiger partial charge in [-0.1, -0.05) is 48.5 Å². The van der Waals surface area contributed by atoms with Gasteiger partial charge in [-0.3, -0.25) is 19.4 Å². The van der Waals surface area contributed by atoms with Crippen LogP contribution in [0.25, 0.3) is 0 Å². The van der Waals surface area contributed by atoms with Gasteiger partial charge in [0, 0.05) is 50.4 Å². The maximum atomic E-state index is 13.1. The fourth-order valence-electron chi connectivity index (χ4n) is 4.95. The number of aryl methyl sites for hydroxylation is 1. The second-order valence-corrected chi connectivity index (χ2v) is 9.51. The van der Waals surface area contributed by atoms with E-state index in [1.165, 1.54) is 0 Å². The third-order valence-electron chi connectivity index (χ3n) is 7.04. The van der Waals surface area contributed by atoms with Gasteiger partial charge >= 0.3 is 0 Å². The van der Waals surface area contributed by atoms with Gasteiger partial charge in [-0.2, -0.15) is 0 Å². The first-order valence-corrected chi connectivity index (χ1v) is 12.8. The number of rotatable bonds is 9. The van der Waals surface area contributed by atoms with Crippen molar-refractivity contribution < 1.29 is 14.3 Å². The van der Waals surface area contributed by atoms with Gasteiger partial charge in [0.25, 0.3) is 0 Å². The number of ketones is 1. The van der Waals surface area contributed by atoms with Crippen LogP contribution in [0.2, 0.25) is 0 Å². The van der Waals surface area contributed by atoms with Crippen molar-refractivity contribution in [3.8, 4) is 5.75 Å². The fraction of sp³-hybridized carbons (Fsp3) is 0.333. The SMILES string of the molecule is Cl.O=C(CN1CCN(CCOc2ccccc2)CC1)c1ccc2c(c1)CCC(=O)N2Cc1ccccc1. The normalized spacial score (nSPS) is 16.1. The van der Waals surface area contributed by atoms with Crippen molar-refractivity contribution in [3.05, 3.63) is 95.6 Å². The number of ether oxygens (including phenoxy) is 1. The number of hydrogen-bond donors (Lipinski definition) is 0. The Morgan fingerprint density at radius 3 is 2.22 bits per heavy atom. The van der Waals surface area contributed by atoms with Crippen LogP contribution in [0.5, 0.6) is 5.75 Å². The van der Waals surface area contributed by atoms with Crippen LogP contribution >= 0.6 is 12.4 Å². The van der Waals surface area contributed by atoms with Crippen molar-refractivity contribution in [3.63, 3.8) is 0 Å². The average Bonchev–Trinajstić information content (AvgIpc) is 2.92. The van der Waals surface area contributed by atoms with E-state index < -0.39 is 0 Å². The Morgan fingerprint density at radius 2 is 1.49 bits per heavy atom. The molecule has 0 atom stereocenters. The number of anilines is 1. The fourth-order valence-corrected chi connectivity index (χ4v) is 4.95. The van der Waals surface area contributed by atoms with E-state index in [-0.39, 0.29) is 24.1 Å². The molecular formula is C30H34ClN3O3. The number of hydrogen-bond acceptors (Lipinski definition) is 5. The number of Topliss-reactive ketones (excluding diaryl/α,β-unsaturated/α-hetero) is 1. The molecule has 3 aromatic carbocycles. The van der Waals surface area contributed by atoms with Crippen LogP contribution in [0.1, 0.15) is 27.9 Å². The molecular weight excluding hydrogens is 486 g/mol. The molecule has 3 aromatic rings. The van der Waals surface area contributed by atoms with E-state index in [9.17, 15) is 9.59 Å². The summed E-state index contributed by atoms with van der Waals surface area (Å²) < 4.78 is 5.82. The van der Waals surface area contributed by atoms with Gasteiger partial charge in [-0.25, -0.2) is 0 Å². The van der Waals surface area contributed by atoms with Crippen LogP contribution in [-0.2, 0) is 17.8 Å². The molecule has 1 amide bonds. The average molecular weight is 520 g/mol. The van der Waals surface area contributed by atoms with Gasteiger partial charge in [0.2, 0.25) is 5.91 Å². The smallest absolute Gasteiger partial charge is 0.227 e. The molecule has 0 N–H and O–H groups in total. The van der Waals surface area contributed by atoms with Gasteiger partial charge in [0.15, 0.2) is 5.78 Å². The molecule has 1 fully saturated rings. The maximum absolute atomic E-state index is 13.1. The predicted molar refractivity (Wildman–Crippen MR) is 149 cm³/mol. The van der Waals surface area contributed by atoms with Gasteiger partial charge in [0.05, 0.1) is 13.1 Å². The molecule has 0 spiro atoms. The highest BCUT2D eigenvalue weighted by Gasteiger charge is 2.26. The number of halogens is 1. The summed E-state index contributed by atoms with van der Waals surface area (Å²) in [5, 5.41) is 0. The molecule has 5 rings (SSSR count). The summed E-state index contributed by atoms with van der Waals surface area (Å²) in [6.45, 7) is 6.17. The monoisotopic (exact) mass is 519 g/mol. The highest BCUT2D eigenvalue weighted by molar-refractivity contribution is 6.00. The minimum atomic E-state index is 0. The number of fused-ring (bicyclic) bond motifs is 1. The van der Waals surface area contributed by atoms with Crippen molar-refractivity contribution in [1.29, 1.82) is 0 Å². The molecule has 194 valence electrons. The zero-order valence-corrected chi connectivity index (χ0v) is 21.9. The first-order valence-electron chi connectivity index (χ1n) is 12.8. The summed E-state index contributed by atoms with van der Waals surface area (Å²) in [5.74, 6) is 1.18. The second kappa shape index (κ2) is 12.9. The van der Waals surface area contributed by atoms with Crippen LogP contribution in [0.15, 0.2) is 78.9 Å². The number of carbonyl (C=O) groups is 2. The first-order chi connectivity index (χ1) is 17.7. The Morgan fingerprint density at radius 1 is 0.811 bits per heavy atom. The third kappa shape index (κ3) is 6.98. The van der Waals surface area contributed by atoms with E-state index in [0.717, 1.165) is 60.9 Å². The second-order valence-electron chi connectivity index (χ2n) is 9.51. The van der Waals surface area contributed by atoms with Crippen molar-refractivity contribution in [1.82, 2.24) is 9.80 Å². The van der Waals surface area contributed by atoms with E-state index in [1.54, 1.807) is 0 Å². The minimum absolute atomic E-state index is 0. The van der Waals surface area contributed by atoms with Crippen molar-refractivity contribution in [2.75, 3.05) is 50.8 Å². The molecule has 7 heteroatoms. The summed E-state index contributed by atoms with van der Waals surface area (Å²) in [4.78, 5) is 32.2. The van der Waals surface area contributed by atoms with Crippen LogP contribution < -0.4 is 9.64 Å². The zero-order chi connectivity index (χ0) is 24.7. The summed E-state index contributed by atoms with van der Waals surface area (Å²) >= 11 is 0. The minimum Gasteiger partial charge on any atom is -0.492 e. The summed E-state index contributed by atoms with van der Waals surface area (Å²) in [6.07, 6.45) is 1.16. The molecule has 0 unspecified atom stereocenters. The molecule has 2 aliphatic rings. The number of piperazine rings is 1. The first kappa shape index (κ1) is 26.9. The lowest BCUT2D eigenvalue weighted by atomic mass is 9.96. The van der Waals surface area contributed by atoms with Crippen LogP contribution in [-0.4, -0.2) is 67.4 Å². The largest absolute Gasteiger partial charge is 0.492 e. The highest BCUT2D eigenvalue weighted by Crippen LogP contribution is 2.30. The van der Waals surface area contributed by atoms with Gasteiger partial charge in [-0.05, 0) is 47.9 Å². The standard InChI is InChI=1S/C30H33N3O3.ClH/c34-29(23-32-17-15-31(16-18-32)19-20-36-27-9-5-2-6-10-27)26-11-13-28-25(21-26)12-14-30(35)33(28)22-24-7-3-1-4-8-24;/h1-11,13,21H,12,14-20,22-23H2;1H. The maximum Gasteiger partial charge on any atom is 0.227 e. The molecule has 1 saturated heterocycles. The summed E-state index contributed by atoms with van der Waals surface area (Å²) in [5.41, 5.74) is 3.85. The Hall–Kier alpha value is -3.19. The van der Waals surface area contributed by atoms with Gasteiger partial charge in [0.1, 0.15) is 12.4 Å². The molecule has 37 heavy (non-hydrogen) atoms. The predicted octanol–water partition coefficient (Wildman–Crippen LogP) is 4.47. The third-order valence-corrected chi connectivity index (χ3v) is 7.04. The highest BCUT2D eigenvalue weighted by atomic mass is 35.5. The molecule has 2 heterocycles. The van der Waals surface area contributed by atoms with E-state index in [2.05, 4.69) is 9.80 Å². The quantitative estimate of drug-likeness (QED) is 0.390. The number of benzene rings is 3. The topological polar surface area (TPSA) is 53.1 Å². The molecule has 6 nitrogen and oxygen atoms in total. The lowest BCUT2D eigenvalue weighted by molar-refractivity contribution is -0.119. The summed E-state index contributed by atoms with van der Waals surface area (Å²) in [6, 6.07) is 25.8. The Bertz CT molecular complexity index is 1180. The van der Waals surface area contributed by atoms with Crippen molar-refractivity contribution >= 4 is 29.8 Å². The molecule has 0 saturated carbocycles. The van der Waals surface area contributed by atoms with E-state index in [4.69, 9.17) is 4.74 Å². The van der Waals surface area contributed by atoms with Crippen LogP contribution in [0.4, 0.5) is 5.69 Å². The van der Waals surface area contributed by atoms with Crippen LogP contribution in [0, 0.1) is 0 Å². The Balaban J connectivity index is 0.00000320. The van der Waals surface area contributed by atoms with E-state index in [1.807, 2.05) is 83.8 Å². The molecule has 2 aliphatic heterocycles. The number of para-hydroxylation sites is 1. The lowest BCUT2D eigenvalue weighted by Gasteiger charge is -2.34. The zero-order valence-electron chi connectivity index (χ0n) is 21.1. The van der Waals surface area contributed by atoms with E-state index >= 15 is 0 Å². The number of carbonyl (C=O) groups excluding carboxylic acids is 2. The lowest BCUT2D eigenvalue weighted by Crippen LogP contribution is -2.48. The molecule has 0 bridgehead atoms. The van der Waals surface area contributed by atoms with Crippen molar-refractivity contribution in [2.24, 2.45) is 0 Å². The number of amides is 1. The van der Waals surface area contributed by atoms with Gasteiger partial charge in [-0.15, -0.1) is 12.4 Å². The summed E-state index contributed by atoms with van der Waals surface area (Å²) in [7, 11) is 0. The molecule has 0 aromatic heterocycles. The van der Waals surface area contributed by atoms with E-state index in [0.29, 0.717) is 32.5 Å². The van der Waals surface area contributed by atoms with Crippen LogP contribution in [0.3, 0.4) is 0 Å². The Kier molecular flexibility index (Phi) is 9.34. The van der Waals surface area contributed by atoms with Gasteiger partial charge < -0.3 is 9.64 Å². The Labute approximate surface area is 225 Å². The van der Waals surface area contributed by atoms with Crippen molar-refractivity contribution in [2.45, 2.75) is 19.4 Å². The number of nitrogens with zero attached hydrogens (tertiary/aromatic N) is 3.